The van der Waals surface area contributed by atoms with Crippen molar-refractivity contribution in [3.05, 3.63) is 46.3 Å². The molecule has 146 valence electrons. The van der Waals surface area contributed by atoms with Gasteiger partial charge in [-0.3, -0.25) is 9.59 Å². The monoisotopic (exact) mass is 398 g/mol. The third kappa shape index (κ3) is 3.16. The van der Waals surface area contributed by atoms with Crippen LogP contribution in [-0.4, -0.2) is 44.0 Å². The molecule has 7 heteroatoms. The Morgan fingerprint density at radius 3 is 2.18 bits per heavy atom. The SMILES string of the molecule is COc1cc(OC)cc(N2C(=O)C(c3cccs3)=C(N3CCCCC3)C2=O)c1. The highest BCUT2D eigenvalue weighted by molar-refractivity contribution is 7.11. The van der Waals surface area contributed by atoms with E-state index in [1.807, 2.05) is 17.5 Å². The number of thiophene rings is 1. The summed E-state index contributed by atoms with van der Waals surface area (Å²) in [6.07, 6.45) is 3.20. The summed E-state index contributed by atoms with van der Waals surface area (Å²) < 4.78 is 10.6. The van der Waals surface area contributed by atoms with Gasteiger partial charge in [-0.15, -0.1) is 11.3 Å². The first-order valence-electron chi connectivity index (χ1n) is 9.29. The lowest BCUT2D eigenvalue weighted by Crippen LogP contribution is -2.37. The number of nitrogens with zero attached hydrogens (tertiary/aromatic N) is 2. The smallest absolute Gasteiger partial charge is 0.282 e. The van der Waals surface area contributed by atoms with Gasteiger partial charge in [0, 0.05) is 36.2 Å². The van der Waals surface area contributed by atoms with E-state index in [-0.39, 0.29) is 11.8 Å². The summed E-state index contributed by atoms with van der Waals surface area (Å²) in [5.74, 6) is 0.465. The Morgan fingerprint density at radius 1 is 0.929 bits per heavy atom. The Bertz CT molecular complexity index is 908. The predicted molar refractivity (Wildman–Crippen MR) is 109 cm³/mol. The molecular weight excluding hydrogens is 376 g/mol. The van der Waals surface area contributed by atoms with Gasteiger partial charge in [-0.1, -0.05) is 6.07 Å². The summed E-state index contributed by atoms with van der Waals surface area (Å²) in [6.45, 7) is 1.58. The predicted octanol–water partition coefficient (Wildman–Crippen LogP) is 3.54. The zero-order chi connectivity index (χ0) is 19.7. The first-order chi connectivity index (χ1) is 13.6. The van der Waals surface area contributed by atoms with Crippen molar-refractivity contribution in [3.8, 4) is 11.5 Å². The van der Waals surface area contributed by atoms with Crippen molar-refractivity contribution < 1.29 is 19.1 Å². The lowest BCUT2D eigenvalue weighted by atomic mass is 10.1. The lowest BCUT2D eigenvalue weighted by Gasteiger charge is -2.29. The highest BCUT2D eigenvalue weighted by Crippen LogP contribution is 2.39. The van der Waals surface area contributed by atoms with Crippen molar-refractivity contribution >= 4 is 34.4 Å². The van der Waals surface area contributed by atoms with Crippen LogP contribution in [0.25, 0.3) is 5.57 Å². The van der Waals surface area contributed by atoms with Crippen molar-refractivity contribution in [2.45, 2.75) is 19.3 Å². The first kappa shape index (κ1) is 18.6. The molecule has 3 heterocycles. The minimum Gasteiger partial charge on any atom is -0.497 e. The Labute approximate surface area is 168 Å². The van der Waals surface area contributed by atoms with Crippen LogP contribution >= 0.6 is 11.3 Å². The topological polar surface area (TPSA) is 59.1 Å². The normalized spacial score (nSPS) is 17.5. The summed E-state index contributed by atoms with van der Waals surface area (Å²) >= 11 is 1.47. The Morgan fingerprint density at radius 2 is 1.61 bits per heavy atom. The van der Waals surface area contributed by atoms with Gasteiger partial charge in [-0.25, -0.2) is 4.90 Å². The van der Waals surface area contributed by atoms with Gasteiger partial charge in [0.25, 0.3) is 11.8 Å². The van der Waals surface area contributed by atoms with E-state index in [9.17, 15) is 9.59 Å². The molecule has 0 N–H and O–H groups in total. The van der Waals surface area contributed by atoms with E-state index in [0.29, 0.717) is 28.5 Å². The third-order valence-electron chi connectivity index (χ3n) is 5.09. The molecule has 1 fully saturated rings. The molecule has 2 aliphatic rings. The number of hydrogen-bond acceptors (Lipinski definition) is 6. The molecule has 1 aromatic heterocycles. The van der Waals surface area contributed by atoms with Gasteiger partial charge in [0.2, 0.25) is 0 Å². The number of carbonyl (C=O) groups is 2. The number of ether oxygens (including phenoxy) is 2. The molecule has 0 atom stereocenters. The zero-order valence-electron chi connectivity index (χ0n) is 15.9. The largest absolute Gasteiger partial charge is 0.497 e. The van der Waals surface area contributed by atoms with Crippen LogP contribution in [0.1, 0.15) is 24.1 Å². The van der Waals surface area contributed by atoms with Crippen LogP contribution in [0.15, 0.2) is 41.4 Å². The van der Waals surface area contributed by atoms with Gasteiger partial charge in [0.1, 0.15) is 17.2 Å². The number of amides is 2. The van der Waals surface area contributed by atoms with Crippen LogP contribution < -0.4 is 14.4 Å². The van der Waals surface area contributed by atoms with Gasteiger partial charge in [0.15, 0.2) is 0 Å². The molecule has 6 nitrogen and oxygen atoms in total. The summed E-state index contributed by atoms with van der Waals surface area (Å²) in [7, 11) is 3.08. The number of benzene rings is 1. The van der Waals surface area contributed by atoms with E-state index in [1.54, 1.807) is 32.4 Å². The Balaban J connectivity index is 1.81. The summed E-state index contributed by atoms with van der Waals surface area (Å²) in [5, 5.41) is 1.92. The minimum atomic E-state index is -0.302. The van der Waals surface area contributed by atoms with E-state index < -0.39 is 0 Å². The number of methoxy groups -OCH3 is 2. The molecule has 0 aliphatic carbocycles. The second kappa shape index (κ2) is 7.67. The second-order valence-corrected chi connectivity index (χ2v) is 7.71. The van der Waals surface area contributed by atoms with E-state index in [2.05, 4.69) is 4.90 Å². The molecule has 0 saturated carbocycles. The van der Waals surface area contributed by atoms with Crippen molar-refractivity contribution in [3.63, 3.8) is 0 Å². The number of imide groups is 1. The minimum absolute atomic E-state index is 0.286. The van der Waals surface area contributed by atoms with E-state index in [0.717, 1.165) is 37.2 Å². The van der Waals surface area contributed by atoms with E-state index >= 15 is 0 Å². The van der Waals surface area contributed by atoms with Gasteiger partial charge >= 0.3 is 0 Å². The average molecular weight is 398 g/mol. The number of anilines is 1. The summed E-state index contributed by atoms with van der Waals surface area (Å²) in [5.41, 5.74) is 1.45. The van der Waals surface area contributed by atoms with E-state index in [4.69, 9.17) is 9.47 Å². The van der Waals surface area contributed by atoms with Crippen LogP contribution in [0.4, 0.5) is 5.69 Å². The maximum absolute atomic E-state index is 13.4. The van der Waals surface area contributed by atoms with Crippen molar-refractivity contribution in [1.82, 2.24) is 4.90 Å². The van der Waals surface area contributed by atoms with Crippen molar-refractivity contribution in [1.29, 1.82) is 0 Å². The first-order valence-corrected chi connectivity index (χ1v) is 10.2. The van der Waals surface area contributed by atoms with Crippen LogP contribution in [0.5, 0.6) is 11.5 Å². The second-order valence-electron chi connectivity index (χ2n) is 6.77. The number of carbonyl (C=O) groups excluding carboxylic acids is 2. The molecule has 1 aromatic carbocycles. The van der Waals surface area contributed by atoms with Crippen LogP contribution in [-0.2, 0) is 9.59 Å². The molecule has 2 aromatic rings. The van der Waals surface area contributed by atoms with Crippen molar-refractivity contribution in [2.24, 2.45) is 0 Å². The number of rotatable bonds is 5. The van der Waals surface area contributed by atoms with Crippen LogP contribution in [0.3, 0.4) is 0 Å². The fourth-order valence-electron chi connectivity index (χ4n) is 3.73. The fraction of sp³-hybridized carbons (Fsp3) is 0.333. The molecule has 0 bridgehead atoms. The highest BCUT2D eigenvalue weighted by Gasteiger charge is 2.43. The lowest BCUT2D eigenvalue weighted by molar-refractivity contribution is -0.120. The number of likely N-dealkylation sites (tertiary alicyclic amines) is 1. The highest BCUT2D eigenvalue weighted by atomic mass is 32.1. The molecule has 0 unspecified atom stereocenters. The van der Waals surface area contributed by atoms with Gasteiger partial charge in [0.05, 0.1) is 25.5 Å². The van der Waals surface area contributed by atoms with Gasteiger partial charge in [-0.2, -0.15) is 0 Å². The molecule has 1 saturated heterocycles. The van der Waals surface area contributed by atoms with Gasteiger partial charge in [-0.05, 0) is 30.7 Å². The average Bonchev–Trinajstić information content (AvgIpc) is 3.34. The number of piperidine rings is 1. The maximum Gasteiger partial charge on any atom is 0.282 e. The van der Waals surface area contributed by atoms with Crippen molar-refractivity contribution in [2.75, 3.05) is 32.2 Å². The molecular formula is C21H22N2O4S. The molecule has 2 amide bonds. The molecule has 2 aliphatic heterocycles. The standard InChI is InChI=1S/C21H22N2O4S/c1-26-15-11-14(12-16(13-15)27-2)23-20(24)18(17-7-6-10-28-17)19(21(23)25)22-8-4-3-5-9-22/h6-7,10-13H,3-5,8-9H2,1-2H3. The summed E-state index contributed by atoms with van der Waals surface area (Å²) in [4.78, 5) is 31.0. The molecule has 4 rings (SSSR count). The van der Waals surface area contributed by atoms with Gasteiger partial charge < -0.3 is 14.4 Å². The molecule has 0 spiro atoms. The molecule has 28 heavy (non-hydrogen) atoms. The third-order valence-corrected chi connectivity index (χ3v) is 5.98. The zero-order valence-corrected chi connectivity index (χ0v) is 16.8. The fourth-order valence-corrected chi connectivity index (χ4v) is 4.49. The van der Waals surface area contributed by atoms with Crippen LogP contribution in [0.2, 0.25) is 0 Å². The molecule has 0 radical (unpaired) electrons. The summed E-state index contributed by atoms with van der Waals surface area (Å²) in [6, 6.07) is 8.88. The quantitative estimate of drug-likeness (QED) is 0.721. The number of hydrogen-bond donors (Lipinski definition) is 0. The Hall–Kier alpha value is -2.80. The Kier molecular flexibility index (Phi) is 5.09. The van der Waals surface area contributed by atoms with Crippen LogP contribution in [0, 0.1) is 0 Å². The van der Waals surface area contributed by atoms with E-state index in [1.165, 1.54) is 16.2 Å². The maximum atomic E-state index is 13.4.